The molecule has 8 N–H and O–H groups in total. The SMILES string of the molecule is CC(C)(C)OC(=O)CN1CCCC(C2CCCCC2)C1(C(=O)O)C(=O)CN.N=C(N)c1ccc(C(N)=O)cn1. The first kappa shape index (κ1) is 31.8. The molecule has 1 saturated carbocycles. The summed E-state index contributed by atoms with van der Waals surface area (Å²) >= 11 is 0. The van der Waals surface area contributed by atoms with Crippen LogP contribution in [-0.2, 0) is 19.1 Å². The van der Waals surface area contributed by atoms with E-state index in [9.17, 15) is 24.3 Å². The first-order valence-electron chi connectivity index (χ1n) is 13.3. The number of likely N-dealkylation sites (tertiary alicyclic amines) is 1. The third-order valence-corrected chi connectivity index (χ3v) is 7.20. The zero-order valence-corrected chi connectivity index (χ0v) is 23.1. The quantitative estimate of drug-likeness (QED) is 0.137. The summed E-state index contributed by atoms with van der Waals surface area (Å²) < 4.78 is 5.39. The van der Waals surface area contributed by atoms with Crippen molar-refractivity contribution in [2.45, 2.75) is 76.9 Å². The fourth-order valence-electron chi connectivity index (χ4n) is 5.62. The molecular weight excluding hydrogens is 504 g/mol. The standard InChI is InChI=1S/C20H34N2O5.C7H8N4O/c1-19(2,3)27-17(24)13-22-11-7-10-15(14-8-5-4-6-9-14)20(22,18(25)26)16(23)12-21;8-6(9)5-2-1-4(3-11-5)7(10)12/h14-15H,4-13,21H2,1-3H3,(H,25,26);1-3H,(H3,8,9)(H2,10,12). The van der Waals surface area contributed by atoms with Gasteiger partial charge in [0.05, 0.1) is 18.7 Å². The summed E-state index contributed by atoms with van der Waals surface area (Å²) in [6.45, 7) is 5.11. The van der Waals surface area contributed by atoms with Crippen molar-refractivity contribution in [3.05, 3.63) is 29.6 Å². The van der Waals surface area contributed by atoms with Gasteiger partial charge in [0, 0.05) is 12.7 Å². The number of nitrogens with one attached hydrogen (secondary N) is 1. The van der Waals surface area contributed by atoms with E-state index < -0.39 is 34.8 Å². The maximum atomic E-state index is 13.0. The molecular formula is C27H42N6O6. The van der Waals surface area contributed by atoms with Gasteiger partial charge in [0.25, 0.3) is 0 Å². The number of ketones is 1. The summed E-state index contributed by atoms with van der Waals surface area (Å²) in [6, 6.07) is 2.95. The third-order valence-electron chi connectivity index (χ3n) is 7.20. The first-order valence-corrected chi connectivity index (χ1v) is 13.3. The number of carboxylic acid groups (broad SMARTS) is 1. The average molecular weight is 547 g/mol. The Labute approximate surface area is 229 Å². The number of ether oxygens (including phenoxy) is 1. The Kier molecular flexibility index (Phi) is 11.1. The second-order valence-corrected chi connectivity index (χ2v) is 11.1. The Balaban J connectivity index is 0.000000370. The Hall–Kier alpha value is -3.38. The number of amidine groups is 1. The number of hydrogen-bond acceptors (Lipinski definition) is 9. The summed E-state index contributed by atoms with van der Waals surface area (Å²) in [7, 11) is 0. The minimum Gasteiger partial charge on any atom is -0.480 e. The molecule has 12 heteroatoms. The van der Waals surface area contributed by atoms with Crippen molar-refractivity contribution >= 4 is 29.5 Å². The predicted octanol–water partition coefficient (Wildman–Crippen LogP) is 1.44. The van der Waals surface area contributed by atoms with Crippen molar-refractivity contribution in [2.24, 2.45) is 29.0 Å². The van der Waals surface area contributed by atoms with Crippen LogP contribution < -0.4 is 17.2 Å². The molecule has 0 aromatic carbocycles. The highest BCUT2D eigenvalue weighted by atomic mass is 16.6. The summed E-state index contributed by atoms with van der Waals surface area (Å²) in [5.41, 5.74) is 14.0. The number of primary amides is 1. The molecule has 1 aromatic heterocycles. The maximum absolute atomic E-state index is 13.0. The number of nitrogen functional groups attached to an aromatic ring is 1. The third kappa shape index (κ3) is 8.06. The minimum absolute atomic E-state index is 0.133. The van der Waals surface area contributed by atoms with Crippen LogP contribution in [0.4, 0.5) is 0 Å². The second kappa shape index (κ2) is 13.6. The van der Waals surface area contributed by atoms with Gasteiger partial charge in [-0.3, -0.25) is 29.7 Å². The Morgan fingerprint density at radius 3 is 2.21 bits per heavy atom. The molecule has 3 rings (SSSR count). The molecule has 39 heavy (non-hydrogen) atoms. The average Bonchev–Trinajstić information content (AvgIpc) is 2.87. The number of carboxylic acids is 1. The van der Waals surface area contributed by atoms with Gasteiger partial charge in [-0.1, -0.05) is 32.1 Å². The van der Waals surface area contributed by atoms with Crippen LogP contribution in [0, 0.1) is 17.2 Å². The van der Waals surface area contributed by atoms with Crippen molar-refractivity contribution in [3.63, 3.8) is 0 Å². The number of nitrogens with zero attached hydrogens (tertiary/aromatic N) is 2. The fraction of sp³-hybridized carbons (Fsp3) is 0.630. The number of hydrogen-bond donors (Lipinski definition) is 5. The van der Waals surface area contributed by atoms with E-state index in [-0.39, 0.29) is 30.8 Å². The summed E-state index contributed by atoms with van der Waals surface area (Å²) in [5, 5.41) is 17.2. The predicted molar refractivity (Wildman–Crippen MR) is 145 cm³/mol. The number of aromatic nitrogens is 1. The Morgan fingerprint density at radius 2 is 1.74 bits per heavy atom. The molecule has 2 heterocycles. The van der Waals surface area contributed by atoms with Crippen LogP contribution in [0.15, 0.2) is 18.3 Å². The van der Waals surface area contributed by atoms with Crippen molar-refractivity contribution < 1.29 is 29.0 Å². The van der Waals surface area contributed by atoms with Crippen molar-refractivity contribution in [1.29, 1.82) is 5.41 Å². The maximum Gasteiger partial charge on any atom is 0.332 e. The summed E-state index contributed by atoms with van der Waals surface area (Å²) in [4.78, 5) is 53.8. The molecule has 1 aromatic rings. The van der Waals surface area contributed by atoms with Crippen LogP contribution in [0.25, 0.3) is 0 Å². The molecule has 1 amide bonds. The van der Waals surface area contributed by atoms with Gasteiger partial charge in [-0.05, 0) is 57.6 Å². The van der Waals surface area contributed by atoms with Gasteiger partial charge in [-0.15, -0.1) is 0 Å². The lowest BCUT2D eigenvalue weighted by molar-refractivity contribution is -0.174. The molecule has 216 valence electrons. The van der Waals surface area contributed by atoms with E-state index in [1.165, 1.54) is 23.2 Å². The number of piperidine rings is 1. The fourth-order valence-corrected chi connectivity index (χ4v) is 5.62. The molecule has 2 aliphatic rings. The van der Waals surface area contributed by atoms with Gasteiger partial charge in [0.1, 0.15) is 17.1 Å². The van der Waals surface area contributed by atoms with E-state index in [0.29, 0.717) is 24.2 Å². The van der Waals surface area contributed by atoms with E-state index in [0.717, 1.165) is 38.5 Å². The Bertz CT molecular complexity index is 1010. The topological polar surface area (TPSA) is 216 Å². The number of amides is 1. The summed E-state index contributed by atoms with van der Waals surface area (Å²) in [6.07, 6.45) is 7.84. The lowest BCUT2D eigenvalue weighted by Gasteiger charge is -2.50. The van der Waals surface area contributed by atoms with Gasteiger partial charge in [-0.25, -0.2) is 4.79 Å². The van der Waals surface area contributed by atoms with Gasteiger partial charge >= 0.3 is 11.9 Å². The monoisotopic (exact) mass is 546 g/mol. The molecule has 0 bridgehead atoms. The molecule has 0 radical (unpaired) electrons. The van der Waals surface area contributed by atoms with Gasteiger partial charge in [-0.2, -0.15) is 0 Å². The van der Waals surface area contributed by atoms with E-state index in [1.807, 2.05) is 0 Å². The number of nitrogens with two attached hydrogens (primary N) is 3. The Morgan fingerprint density at radius 1 is 1.10 bits per heavy atom. The number of esters is 1. The number of rotatable bonds is 8. The molecule has 0 spiro atoms. The highest BCUT2D eigenvalue weighted by molar-refractivity contribution is 6.09. The van der Waals surface area contributed by atoms with E-state index >= 15 is 0 Å². The highest BCUT2D eigenvalue weighted by Gasteiger charge is 2.59. The minimum atomic E-state index is -1.73. The largest absolute Gasteiger partial charge is 0.480 e. The van der Waals surface area contributed by atoms with Gasteiger partial charge < -0.3 is 27.0 Å². The van der Waals surface area contributed by atoms with Crippen LogP contribution in [-0.4, -0.2) is 75.2 Å². The molecule has 2 fully saturated rings. The molecule has 2 unspecified atom stereocenters. The number of carbonyl (C=O) groups is 4. The van der Waals surface area contributed by atoms with E-state index in [4.69, 9.17) is 27.3 Å². The molecule has 2 atom stereocenters. The summed E-state index contributed by atoms with van der Waals surface area (Å²) in [5.74, 6) is -3.02. The van der Waals surface area contributed by atoms with Gasteiger partial charge in [0.15, 0.2) is 11.3 Å². The lowest BCUT2D eigenvalue weighted by atomic mass is 9.64. The zero-order valence-electron chi connectivity index (χ0n) is 23.1. The van der Waals surface area contributed by atoms with E-state index in [2.05, 4.69) is 4.98 Å². The van der Waals surface area contributed by atoms with Gasteiger partial charge in [0.2, 0.25) is 5.91 Å². The smallest absolute Gasteiger partial charge is 0.332 e. The first-order chi connectivity index (χ1) is 18.2. The second-order valence-electron chi connectivity index (χ2n) is 11.1. The normalized spacial score (nSPS) is 22.2. The van der Waals surface area contributed by atoms with Crippen LogP contribution in [0.2, 0.25) is 0 Å². The lowest BCUT2D eigenvalue weighted by Crippen LogP contribution is -2.70. The van der Waals surface area contributed by atoms with Crippen LogP contribution in [0.3, 0.4) is 0 Å². The number of carbonyl (C=O) groups excluding carboxylic acids is 3. The molecule has 12 nitrogen and oxygen atoms in total. The van der Waals surface area contributed by atoms with Crippen LogP contribution >= 0.6 is 0 Å². The van der Waals surface area contributed by atoms with E-state index in [1.54, 1.807) is 20.8 Å². The molecule has 1 saturated heterocycles. The molecule has 1 aliphatic heterocycles. The zero-order chi connectivity index (χ0) is 29.4. The highest BCUT2D eigenvalue weighted by Crippen LogP contribution is 2.44. The number of aliphatic carboxylic acids is 1. The van der Waals surface area contributed by atoms with Crippen molar-refractivity contribution in [3.8, 4) is 0 Å². The molecule has 1 aliphatic carbocycles. The van der Waals surface area contributed by atoms with Crippen molar-refractivity contribution in [1.82, 2.24) is 9.88 Å². The number of pyridine rings is 1. The van der Waals surface area contributed by atoms with Crippen molar-refractivity contribution in [2.75, 3.05) is 19.6 Å². The van der Waals surface area contributed by atoms with Crippen LogP contribution in [0.1, 0.15) is 81.8 Å². The number of Topliss-reactive ketones (excluding diaryl/α,β-unsaturated/α-hetero) is 1. The van der Waals surface area contributed by atoms with Crippen LogP contribution in [0.5, 0.6) is 0 Å².